The maximum absolute atomic E-state index is 6.53. The molecule has 2 nitrogen and oxygen atoms in total. The quantitative estimate of drug-likeness (QED) is 0.189. The van der Waals surface area contributed by atoms with E-state index >= 15 is 0 Å². The van der Waals surface area contributed by atoms with E-state index in [1.54, 1.807) is 0 Å². The molecule has 48 heavy (non-hydrogen) atoms. The molecule has 0 aliphatic heterocycles. The monoisotopic (exact) mass is 611 g/mol. The maximum atomic E-state index is 6.53. The second-order valence-corrected chi connectivity index (χ2v) is 12.6. The summed E-state index contributed by atoms with van der Waals surface area (Å²) in [6.07, 6.45) is 3.88. The van der Waals surface area contributed by atoms with Gasteiger partial charge in [-0.15, -0.1) is 0 Å². The number of fused-ring (bicyclic) bond motifs is 8. The average Bonchev–Trinajstić information content (AvgIpc) is 3.79. The number of hydrogen-bond acceptors (Lipinski definition) is 1. The zero-order valence-corrected chi connectivity index (χ0v) is 26.2. The van der Waals surface area contributed by atoms with Crippen LogP contribution in [-0.2, 0) is 0 Å². The number of hydrogen-bond donors (Lipinski definition) is 0. The van der Waals surface area contributed by atoms with E-state index < -0.39 is 0 Å². The van der Waals surface area contributed by atoms with Gasteiger partial charge in [-0.1, -0.05) is 116 Å². The second-order valence-electron chi connectivity index (χ2n) is 12.6. The minimum atomic E-state index is 0.901. The fourth-order valence-electron chi connectivity index (χ4n) is 7.96. The van der Waals surface area contributed by atoms with E-state index in [0.29, 0.717) is 0 Å². The molecule has 2 aromatic heterocycles. The number of furan rings is 1. The highest BCUT2D eigenvalue weighted by Crippen LogP contribution is 2.51. The average molecular weight is 612 g/mol. The van der Waals surface area contributed by atoms with Gasteiger partial charge in [0.1, 0.15) is 11.2 Å². The van der Waals surface area contributed by atoms with Gasteiger partial charge in [0.05, 0.1) is 11.2 Å². The molecular formula is C46H29NO. The summed E-state index contributed by atoms with van der Waals surface area (Å²) >= 11 is 0. The molecule has 7 aromatic carbocycles. The third-order valence-corrected chi connectivity index (χ3v) is 10.1. The van der Waals surface area contributed by atoms with Crippen LogP contribution in [0.25, 0.3) is 106 Å². The normalized spacial score (nSPS) is 11.9. The fourth-order valence-corrected chi connectivity index (χ4v) is 7.96. The predicted molar refractivity (Wildman–Crippen MR) is 204 cm³/mol. The zero-order valence-electron chi connectivity index (χ0n) is 26.2. The maximum Gasteiger partial charge on any atom is 0.136 e. The Morgan fingerprint density at radius 1 is 0.458 bits per heavy atom. The summed E-state index contributed by atoms with van der Waals surface area (Å²) in [5.74, 6) is 0. The standard InChI is InChI=1S/C46H29NO/c1-3-33-38-25-30(19-23-42(38)47(41(33)4-2)32-21-17-29(18-22-32)28-11-6-5-7-12-28)31-20-24-43-40(26-31)46-37-16-10-15-36-34-13-8-9-14-35(34)39(45(36)37)27-44(46)48-43/h3-27H,1-2H2. The van der Waals surface area contributed by atoms with Crippen LogP contribution in [0.1, 0.15) is 11.3 Å². The first-order chi connectivity index (χ1) is 23.7. The molecule has 10 rings (SSSR count). The highest BCUT2D eigenvalue weighted by atomic mass is 16.3. The van der Waals surface area contributed by atoms with Crippen LogP contribution in [0.15, 0.2) is 157 Å². The van der Waals surface area contributed by atoms with E-state index in [0.717, 1.165) is 55.5 Å². The molecular weight excluding hydrogens is 583 g/mol. The van der Waals surface area contributed by atoms with Crippen molar-refractivity contribution < 1.29 is 4.42 Å². The summed E-state index contributed by atoms with van der Waals surface area (Å²) in [6.45, 7) is 8.41. The van der Waals surface area contributed by atoms with Crippen molar-refractivity contribution in [2.75, 3.05) is 0 Å². The summed E-state index contributed by atoms with van der Waals surface area (Å²) in [7, 11) is 0. The van der Waals surface area contributed by atoms with Crippen LogP contribution in [-0.4, -0.2) is 4.57 Å². The SMILES string of the molecule is C=Cc1c(C=C)n(-c2ccc(-c3ccccc3)cc2)c2ccc(-c3ccc4oc5cc6c7c(cccc7c5c4c3)-c3ccccc3-6)cc12. The minimum absolute atomic E-state index is 0.901. The molecule has 2 heterocycles. The molecule has 0 bridgehead atoms. The van der Waals surface area contributed by atoms with E-state index in [1.165, 1.54) is 49.5 Å². The molecule has 0 N–H and O–H groups in total. The van der Waals surface area contributed by atoms with Crippen molar-refractivity contribution in [3.8, 4) is 50.2 Å². The predicted octanol–water partition coefficient (Wildman–Crippen LogP) is 13.0. The van der Waals surface area contributed by atoms with Crippen molar-refractivity contribution in [1.82, 2.24) is 4.57 Å². The van der Waals surface area contributed by atoms with Crippen LogP contribution in [0.4, 0.5) is 0 Å². The highest BCUT2D eigenvalue weighted by Gasteiger charge is 2.24. The first-order valence-electron chi connectivity index (χ1n) is 16.3. The van der Waals surface area contributed by atoms with Crippen molar-refractivity contribution in [2.24, 2.45) is 0 Å². The largest absolute Gasteiger partial charge is 0.456 e. The van der Waals surface area contributed by atoms with Gasteiger partial charge < -0.3 is 8.98 Å². The Kier molecular flexibility index (Phi) is 5.62. The Morgan fingerprint density at radius 3 is 1.90 bits per heavy atom. The van der Waals surface area contributed by atoms with Crippen LogP contribution in [0.3, 0.4) is 0 Å². The number of nitrogens with zero attached hydrogens (tertiary/aromatic N) is 1. The molecule has 0 saturated carbocycles. The van der Waals surface area contributed by atoms with Crippen LogP contribution in [0.2, 0.25) is 0 Å². The van der Waals surface area contributed by atoms with Crippen LogP contribution in [0.5, 0.6) is 0 Å². The fraction of sp³-hybridized carbons (Fsp3) is 0. The first kappa shape index (κ1) is 26.8. The number of benzene rings is 7. The van der Waals surface area contributed by atoms with Gasteiger partial charge in [-0.05, 0) is 104 Å². The van der Waals surface area contributed by atoms with Crippen molar-refractivity contribution in [3.63, 3.8) is 0 Å². The molecule has 0 unspecified atom stereocenters. The minimum Gasteiger partial charge on any atom is -0.456 e. The molecule has 1 aliphatic rings. The molecule has 0 radical (unpaired) electrons. The summed E-state index contributed by atoms with van der Waals surface area (Å²) < 4.78 is 8.81. The first-order valence-corrected chi connectivity index (χ1v) is 16.3. The zero-order chi connectivity index (χ0) is 31.9. The summed E-state index contributed by atoms with van der Waals surface area (Å²) in [4.78, 5) is 0. The third kappa shape index (κ3) is 3.69. The Labute approximate surface area is 278 Å². The van der Waals surface area contributed by atoms with Crippen molar-refractivity contribution in [3.05, 3.63) is 164 Å². The Bertz CT molecular complexity index is 2790. The molecule has 1 aliphatic carbocycles. The van der Waals surface area contributed by atoms with Crippen LogP contribution >= 0.6 is 0 Å². The third-order valence-electron chi connectivity index (χ3n) is 10.1. The molecule has 0 atom stereocenters. The van der Waals surface area contributed by atoms with E-state index in [2.05, 4.69) is 151 Å². The van der Waals surface area contributed by atoms with E-state index in [-0.39, 0.29) is 0 Å². The van der Waals surface area contributed by atoms with Gasteiger partial charge in [0, 0.05) is 27.4 Å². The van der Waals surface area contributed by atoms with Crippen LogP contribution < -0.4 is 0 Å². The smallest absolute Gasteiger partial charge is 0.136 e. The summed E-state index contributed by atoms with van der Waals surface area (Å²) in [5.41, 5.74) is 15.9. The second kappa shape index (κ2) is 10.1. The molecule has 224 valence electrons. The lowest BCUT2D eigenvalue weighted by atomic mass is 9.96. The number of rotatable bonds is 5. The van der Waals surface area contributed by atoms with Gasteiger partial charge in [0.25, 0.3) is 0 Å². The van der Waals surface area contributed by atoms with Crippen LogP contribution in [0, 0.1) is 0 Å². The lowest BCUT2D eigenvalue weighted by Gasteiger charge is -2.11. The number of aromatic nitrogens is 1. The summed E-state index contributed by atoms with van der Waals surface area (Å²) in [6, 6.07) is 50.1. The lowest BCUT2D eigenvalue weighted by molar-refractivity contribution is 0.669. The molecule has 0 saturated heterocycles. The molecule has 0 spiro atoms. The molecule has 0 fully saturated rings. The van der Waals surface area contributed by atoms with Gasteiger partial charge in [0.2, 0.25) is 0 Å². The van der Waals surface area contributed by atoms with Gasteiger partial charge in [-0.2, -0.15) is 0 Å². The highest BCUT2D eigenvalue weighted by molar-refractivity contribution is 6.28. The topological polar surface area (TPSA) is 18.1 Å². The van der Waals surface area contributed by atoms with Crippen molar-refractivity contribution in [2.45, 2.75) is 0 Å². The van der Waals surface area contributed by atoms with Gasteiger partial charge in [-0.3, -0.25) is 0 Å². The Hall–Kier alpha value is -6.38. The summed E-state index contributed by atoms with van der Waals surface area (Å²) in [5, 5.41) is 6.00. The van der Waals surface area contributed by atoms with E-state index in [9.17, 15) is 0 Å². The molecule has 2 heteroatoms. The van der Waals surface area contributed by atoms with Crippen molar-refractivity contribution in [1.29, 1.82) is 0 Å². The molecule has 0 amide bonds. The van der Waals surface area contributed by atoms with Crippen molar-refractivity contribution >= 4 is 55.8 Å². The van der Waals surface area contributed by atoms with E-state index in [1.807, 2.05) is 18.2 Å². The Balaban J connectivity index is 1.13. The Morgan fingerprint density at radius 2 is 1.12 bits per heavy atom. The van der Waals surface area contributed by atoms with Gasteiger partial charge in [-0.25, -0.2) is 0 Å². The molecule has 9 aromatic rings. The van der Waals surface area contributed by atoms with Gasteiger partial charge >= 0.3 is 0 Å². The lowest BCUT2D eigenvalue weighted by Crippen LogP contribution is -1.96. The van der Waals surface area contributed by atoms with E-state index in [4.69, 9.17) is 4.42 Å². The van der Waals surface area contributed by atoms with Gasteiger partial charge in [0.15, 0.2) is 0 Å².